The number of carboxylic acid groups (broad SMARTS) is 1. The summed E-state index contributed by atoms with van der Waals surface area (Å²) in [6, 6.07) is 14.1. The molecule has 2 aliphatic rings. The summed E-state index contributed by atoms with van der Waals surface area (Å²) in [4.78, 5) is 53.3. The number of methoxy groups -OCH3 is 2. The third-order valence-electron chi connectivity index (χ3n) is 6.89. The third kappa shape index (κ3) is 6.00. The molecular formula is C28H28N6O8S2. The first-order valence-electron chi connectivity index (χ1n) is 13.2. The van der Waals surface area contributed by atoms with E-state index in [1.54, 1.807) is 24.3 Å². The van der Waals surface area contributed by atoms with Crippen LogP contribution in [0.15, 0.2) is 65.0 Å². The first-order chi connectivity index (χ1) is 21.2. The summed E-state index contributed by atoms with van der Waals surface area (Å²) in [6.45, 7) is 1.46. The minimum absolute atomic E-state index is 0.0235. The summed E-state index contributed by atoms with van der Waals surface area (Å²) in [5.41, 5.74) is 0.795. The second-order valence-electron chi connectivity index (χ2n) is 9.75. The number of fused-ring (bicyclic) bond motifs is 1. The topological polar surface area (TPSA) is 175 Å². The first-order valence-corrected chi connectivity index (χ1v) is 15.2. The number of β-lactam (4-membered cyclic amide) rings is 1. The van der Waals surface area contributed by atoms with Gasteiger partial charge in [-0.25, -0.2) is 9.48 Å². The Morgan fingerprint density at radius 2 is 1.98 bits per heavy atom. The predicted octanol–water partition coefficient (Wildman–Crippen LogP) is 1.85. The highest BCUT2D eigenvalue weighted by atomic mass is 32.2. The van der Waals surface area contributed by atoms with Crippen molar-refractivity contribution in [3.05, 3.63) is 76.5 Å². The van der Waals surface area contributed by atoms with Gasteiger partial charge in [-0.05, 0) is 40.6 Å². The fourth-order valence-corrected chi connectivity index (χ4v) is 7.26. The number of nitrogens with one attached hydrogen (secondary N) is 1. The lowest BCUT2D eigenvalue weighted by atomic mass is 9.97. The van der Waals surface area contributed by atoms with Gasteiger partial charge in [0, 0.05) is 18.6 Å². The molecule has 3 aromatic rings. The Labute approximate surface area is 260 Å². The van der Waals surface area contributed by atoms with E-state index in [2.05, 4.69) is 20.8 Å². The largest absolute Gasteiger partial charge is 0.496 e. The van der Waals surface area contributed by atoms with E-state index in [0.717, 1.165) is 27.6 Å². The highest BCUT2D eigenvalue weighted by molar-refractivity contribution is 8.01. The number of aliphatic carboxylic acids is 1. The summed E-state index contributed by atoms with van der Waals surface area (Å²) < 4.78 is 17.7. The average molecular weight is 641 g/mol. The molecule has 1 fully saturated rings. The lowest BCUT2D eigenvalue weighted by Crippen LogP contribution is -2.80. The first kappa shape index (κ1) is 31.0. The number of thioether (sulfide) groups is 2. The number of benzene rings is 2. The van der Waals surface area contributed by atoms with Crippen LogP contribution < -0.4 is 10.1 Å². The number of ether oxygens (including phenoxy) is 3. The van der Waals surface area contributed by atoms with Gasteiger partial charge in [-0.15, -0.1) is 16.9 Å². The van der Waals surface area contributed by atoms with E-state index in [4.69, 9.17) is 19.3 Å². The number of para-hydroxylation sites is 1. The number of aromatic nitrogens is 4. The summed E-state index contributed by atoms with van der Waals surface area (Å²) >= 11 is 2.41. The normalized spacial score (nSPS) is 19.2. The van der Waals surface area contributed by atoms with E-state index in [1.807, 2.05) is 31.2 Å². The molecule has 0 radical (unpaired) electrons. The zero-order valence-corrected chi connectivity index (χ0v) is 25.5. The van der Waals surface area contributed by atoms with Gasteiger partial charge in [-0.1, -0.05) is 53.7 Å². The quantitative estimate of drug-likeness (QED) is 0.127. The van der Waals surface area contributed by atoms with Crippen molar-refractivity contribution in [3.8, 4) is 5.75 Å². The average Bonchev–Trinajstić information content (AvgIpc) is 3.46. The summed E-state index contributed by atoms with van der Waals surface area (Å²) in [5, 5.41) is 22.4. The summed E-state index contributed by atoms with van der Waals surface area (Å²) in [5.74, 6) is -2.34. The van der Waals surface area contributed by atoms with Crippen molar-refractivity contribution < 1.29 is 38.5 Å². The number of amides is 2. The molecule has 5 rings (SSSR count). The molecule has 2 aliphatic heterocycles. The van der Waals surface area contributed by atoms with E-state index in [0.29, 0.717) is 11.3 Å². The molecule has 230 valence electrons. The van der Waals surface area contributed by atoms with Crippen LogP contribution in [0.2, 0.25) is 0 Å². The second-order valence-corrected chi connectivity index (χ2v) is 11.8. The minimum Gasteiger partial charge on any atom is -0.496 e. The molecule has 2 amide bonds. The molecule has 0 aliphatic carbocycles. The maximum Gasteiger partial charge on any atom is 0.355 e. The van der Waals surface area contributed by atoms with Gasteiger partial charge in [0.15, 0.2) is 0 Å². The van der Waals surface area contributed by atoms with Gasteiger partial charge in [0.05, 0.1) is 12.7 Å². The number of carbonyl (C=O) groups excluding carboxylic acids is 3. The molecule has 3 heterocycles. The fraction of sp³-hybridized carbons (Fsp3) is 0.321. The Bertz CT molecular complexity index is 1650. The molecule has 0 saturated carbocycles. The fourth-order valence-electron chi connectivity index (χ4n) is 4.81. The van der Waals surface area contributed by atoms with Gasteiger partial charge in [-0.3, -0.25) is 19.3 Å². The molecule has 16 heteroatoms. The van der Waals surface area contributed by atoms with E-state index in [1.165, 1.54) is 30.9 Å². The molecule has 14 nitrogen and oxygen atoms in total. The van der Waals surface area contributed by atoms with Gasteiger partial charge in [0.25, 0.3) is 17.5 Å². The van der Waals surface area contributed by atoms with Crippen molar-refractivity contribution in [2.24, 2.45) is 0 Å². The lowest BCUT2D eigenvalue weighted by Gasteiger charge is -2.56. The summed E-state index contributed by atoms with van der Waals surface area (Å²) in [7, 11) is 2.75. The Morgan fingerprint density at radius 1 is 1.18 bits per heavy atom. The van der Waals surface area contributed by atoms with Gasteiger partial charge in [0.2, 0.25) is 5.16 Å². The maximum atomic E-state index is 13.8. The van der Waals surface area contributed by atoms with Crippen LogP contribution in [0.4, 0.5) is 0 Å². The van der Waals surface area contributed by atoms with E-state index < -0.39 is 41.4 Å². The Kier molecular flexibility index (Phi) is 9.22. The van der Waals surface area contributed by atoms with E-state index >= 15 is 0 Å². The smallest absolute Gasteiger partial charge is 0.355 e. The molecule has 0 bridgehead atoms. The molecular weight excluding hydrogens is 612 g/mol. The van der Waals surface area contributed by atoms with Gasteiger partial charge in [-0.2, -0.15) is 0 Å². The third-order valence-corrected chi connectivity index (χ3v) is 9.31. The number of rotatable bonds is 12. The molecule has 44 heavy (non-hydrogen) atoms. The Hall–Kier alpha value is -4.41. The number of tetrazole rings is 1. The molecule has 2 N–H and O–H groups in total. The van der Waals surface area contributed by atoms with Crippen molar-refractivity contribution in [1.29, 1.82) is 0 Å². The number of esters is 1. The molecule has 2 atom stereocenters. The van der Waals surface area contributed by atoms with Crippen molar-refractivity contribution in [2.45, 2.75) is 36.3 Å². The number of nitrogens with zero attached hydrogens (tertiary/aromatic N) is 5. The summed E-state index contributed by atoms with van der Waals surface area (Å²) in [6.07, 6.45) is 0. The van der Waals surface area contributed by atoms with E-state index in [9.17, 15) is 19.2 Å². The zero-order chi connectivity index (χ0) is 31.4. The molecule has 1 unspecified atom stereocenters. The predicted molar refractivity (Wildman–Crippen MR) is 157 cm³/mol. The zero-order valence-electron chi connectivity index (χ0n) is 23.9. The second kappa shape index (κ2) is 13.1. The van der Waals surface area contributed by atoms with E-state index in [-0.39, 0.29) is 34.5 Å². The number of carbonyl (C=O) groups is 4. The minimum atomic E-state index is -1.76. The van der Waals surface area contributed by atoms with Crippen LogP contribution in [-0.4, -0.2) is 90.8 Å². The molecule has 1 aromatic heterocycles. The highest BCUT2D eigenvalue weighted by Gasteiger charge is 2.66. The van der Waals surface area contributed by atoms with Crippen LogP contribution in [-0.2, 0) is 37.0 Å². The monoisotopic (exact) mass is 640 g/mol. The highest BCUT2D eigenvalue weighted by Crippen LogP contribution is 2.47. The maximum absolute atomic E-state index is 13.8. The van der Waals surface area contributed by atoms with Crippen molar-refractivity contribution >= 4 is 47.3 Å². The van der Waals surface area contributed by atoms with Crippen molar-refractivity contribution in [1.82, 2.24) is 30.4 Å². The van der Waals surface area contributed by atoms with Crippen LogP contribution in [0, 0.1) is 6.92 Å². The standard InChI is InChI=1S/C28H28N6O8S2/c1-16-7-6-8-17(11-16)13-42-24(38)22-18(15-44-27-30-31-32-33(27)12-21(35)36)14-43-26-28(41-3,25(39)34(22)26)29-23(37)19-9-4-5-10-20(19)40-2/h4-11,26H,12-15H2,1-3H3,(H,29,37)(H,35,36)/t26?,28-/m0/s1. The SMILES string of the molecule is COc1ccccc1C(=O)N[C@]1(OC)C(=O)N2C(C(=O)OCc3cccc(C)c3)=C(CSc3nnnn3CC(=O)O)CSC21. The number of aryl methyl sites for hydroxylation is 1. The Morgan fingerprint density at radius 3 is 2.70 bits per heavy atom. The molecule has 1 saturated heterocycles. The number of hydrogen-bond donors (Lipinski definition) is 2. The number of hydrogen-bond acceptors (Lipinski definition) is 12. The molecule has 2 aromatic carbocycles. The van der Waals surface area contributed by atoms with Crippen molar-refractivity contribution in [3.63, 3.8) is 0 Å². The lowest BCUT2D eigenvalue weighted by molar-refractivity contribution is -0.189. The molecule has 0 spiro atoms. The van der Waals surface area contributed by atoms with Crippen LogP contribution in [0.5, 0.6) is 5.75 Å². The van der Waals surface area contributed by atoms with Crippen LogP contribution in [0.3, 0.4) is 0 Å². The van der Waals surface area contributed by atoms with Gasteiger partial charge >= 0.3 is 11.9 Å². The van der Waals surface area contributed by atoms with Gasteiger partial charge in [0.1, 0.15) is 30.0 Å². The van der Waals surface area contributed by atoms with Gasteiger partial charge < -0.3 is 24.6 Å². The Balaban J connectivity index is 1.42. The van der Waals surface area contributed by atoms with Crippen molar-refractivity contribution in [2.75, 3.05) is 25.7 Å². The van der Waals surface area contributed by atoms with Crippen LogP contribution >= 0.6 is 23.5 Å². The van der Waals surface area contributed by atoms with Crippen LogP contribution in [0.1, 0.15) is 21.5 Å². The number of carboxylic acids is 1. The van der Waals surface area contributed by atoms with Crippen LogP contribution in [0.25, 0.3) is 0 Å².